The number of likely N-dealkylation sites (tertiary alicyclic amines) is 1. The lowest BCUT2D eigenvalue weighted by atomic mass is 9.77. The number of rotatable bonds is 4. The molecule has 2 rings (SSSR count). The molecule has 0 bridgehead atoms. The van der Waals surface area contributed by atoms with E-state index in [0.717, 1.165) is 58.2 Å². The minimum absolute atomic E-state index is 0.227. The molecule has 2 aliphatic rings. The summed E-state index contributed by atoms with van der Waals surface area (Å²) in [6, 6.07) is 0. The van der Waals surface area contributed by atoms with Crippen LogP contribution in [0.1, 0.15) is 65.7 Å². The van der Waals surface area contributed by atoms with Crippen molar-refractivity contribution in [3.63, 3.8) is 0 Å². The molecule has 110 valence electrons. The van der Waals surface area contributed by atoms with Gasteiger partial charge in [-0.15, -0.1) is 0 Å². The van der Waals surface area contributed by atoms with Crippen molar-refractivity contribution < 1.29 is 4.79 Å². The Morgan fingerprint density at radius 3 is 2.37 bits per heavy atom. The molecule has 3 heteroatoms. The molecule has 0 saturated carbocycles. The van der Waals surface area contributed by atoms with Crippen LogP contribution in [0.25, 0.3) is 0 Å². The van der Waals surface area contributed by atoms with Gasteiger partial charge in [0.25, 0.3) is 0 Å². The van der Waals surface area contributed by atoms with Gasteiger partial charge in [0.1, 0.15) is 0 Å². The molecule has 1 atom stereocenters. The fourth-order valence-corrected chi connectivity index (χ4v) is 3.64. The van der Waals surface area contributed by atoms with Crippen molar-refractivity contribution in [2.75, 3.05) is 19.6 Å². The van der Waals surface area contributed by atoms with E-state index < -0.39 is 0 Å². The largest absolute Gasteiger partial charge is 0.341 e. The first-order chi connectivity index (χ1) is 9.05. The SMILES string of the molecule is CCCC1(C(=O)N2CCC(C)(CC)CC2)CCCN1. The molecule has 2 aliphatic heterocycles. The summed E-state index contributed by atoms with van der Waals surface area (Å²) < 4.78 is 0. The fourth-order valence-electron chi connectivity index (χ4n) is 3.64. The molecule has 3 nitrogen and oxygen atoms in total. The van der Waals surface area contributed by atoms with Crippen molar-refractivity contribution in [1.29, 1.82) is 0 Å². The van der Waals surface area contributed by atoms with Crippen LogP contribution < -0.4 is 5.32 Å². The number of carbonyl (C=O) groups is 1. The van der Waals surface area contributed by atoms with E-state index in [1.54, 1.807) is 0 Å². The molecular formula is C16H30N2O. The monoisotopic (exact) mass is 266 g/mol. The first kappa shape index (κ1) is 14.8. The van der Waals surface area contributed by atoms with Gasteiger partial charge in [0.15, 0.2) is 0 Å². The summed E-state index contributed by atoms with van der Waals surface area (Å²) in [5.41, 5.74) is 0.229. The van der Waals surface area contributed by atoms with Gasteiger partial charge in [-0.3, -0.25) is 4.79 Å². The van der Waals surface area contributed by atoms with Crippen molar-refractivity contribution in [3.05, 3.63) is 0 Å². The van der Waals surface area contributed by atoms with Crippen LogP contribution in [0.2, 0.25) is 0 Å². The van der Waals surface area contributed by atoms with Crippen molar-refractivity contribution in [3.8, 4) is 0 Å². The summed E-state index contributed by atoms with van der Waals surface area (Å²) in [4.78, 5) is 15.0. The van der Waals surface area contributed by atoms with Gasteiger partial charge in [-0.25, -0.2) is 0 Å². The predicted molar refractivity (Wildman–Crippen MR) is 79.1 cm³/mol. The fraction of sp³-hybridized carbons (Fsp3) is 0.938. The van der Waals surface area contributed by atoms with Crippen molar-refractivity contribution >= 4 is 5.91 Å². The van der Waals surface area contributed by atoms with Crippen molar-refractivity contribution in [2.45, 2.75) is 71.3 Å². The maximum atomic E-state index is 12.9. The molecule has 1 unspecified atom stereocenters. The molecule has 0 aromatic heterocycles. The highest BCUT2D eigenvalue weighted by Crippen LogP contribution is 2.36. The second-order valence-corrected chi connectivity index (χ2v) is 6.82. The van der Waals surface area contributed by atoms with E-state index in [1.807, 2.05) is 0 Å². The van der Waals surface area contributed by atoms with Gasteiger partial charge >= 0.3 is 0 Å². The van der Waals surface area contributed by atoms with Gasteiger partial charge < -0.3 is 10.2 Å². The lowest BCUT2D eigenvalue weighted by Crippen LogP contribution is -2.57. The Balaban J connectivity index is 2.00. The van der Waals surface area contributed by atoms with Gasteiger partial charge in [0, 0.05) is 13.1 Å². The summed E-state index contributed by atoms with van der Waals surface area (Å²) in [6.07, 6.45) is 7.81. The molecule has 19 heavy (non-hydrogen) atoms. The third kappa shape index (κ3) is 2.96. The molecule has 0 spiro atoms. The molecule has 0 aromatic rings. The van der Waals surface area contributed by atoms with E-state index in [0.29, 0.717) is 11.3 Å². The Morgan fingerprint density at radius 1 is 1.21 bits per heavy atom. The smallest absolute Gasteiger partial charge is 0.242 e. The zero-order valence-electron chi connectivity index (χ0n) is 12.9. The topological polar surface area (TPSA) is 32.3 Å². The molecule has 2 saturated heterocycles. The second kappa shape index (κ2) is 5.82. The average molecular weight is 266 g/mol. The van der Waals surface area contributed by atoms with Gasteiger partial charge in [0.2, 0.25) is 5.91 Å². The Labute approximate surface area is 118 Å². The standard InChI is InChI=1S/C16H30N2O/c1-4-7-16(8-6-11-17-16)14(19)18-12-9-15(3,5-2)10-13-18/h17H,4-13H2,1-3H3. The molecule has 2 heterocycles. The highest BCUT2D eigenvalue weighted by molar-refractivity contribution is 5.86. The van der Waals surface area contributed by atoms with Crippen LogP contribution in [0.4, 0.5) is 0 Å². The van der Waals surface area contributed by atoms with Crippen LogP contribution in [0.15, 0.2) is 0 Å². The summed E-state index contributed by atoms with van der Waals surface area (Å²) in [5.74, 6) is 0.380. The maximum Gasteiger partial charge on any atom is 0.242 e. The van der Waals surface area contributed by atoms with Crippen LogP contribution >= 0.6 is 0 Å². The number of nitrogens with one attached hydrogen (secondary N) is 1. The van der Waals surface area contributed by atoms with E-state index in [-0.39, 0.29) is 5.54 Å². The van der Waals surface area contributed by atoms with E-state index >= 15 is 0 Å². The minimum atomic E-state index is -0.227. The van der Waals surface area contributed by atoms with Crippen LogP contribution in [0.5, 0.6) is 0 Å². The van der Waals surface area contributed by atoms with Gasteiger partial charge in [-0.05, 0) is 44.1 Å². The number of hydrogen-bond acceptors (Lipinski definition) is 2. The van der Waals surface area contributed by atoms with Gasteiger partial charge in [0.05, 0.1) is 5.54 Å². The Morgan fingerprint density at radius 2 is 1.89 bits per heavy atom. The maximum absolute atomic E-state index is 12.9. The molecular weight excluding hydrogens is 236 g/mol. The van der Waals surface area contributed by atoms with Crippen molar-refractivity contribution in [1.82, 2.24) is 10.2 Å². The number of nitrogens with zero attached hydrogens (tertiary/aromatic N) is 1. The number of carbonyl (C=O) groups excluding carboxylic acids is 1. The molecule has 1 amide bonds. The third-order valence-electron chi connectivity index (χ3n) is 5.44. The van der Waals surface area contributed by atoms with E-state index in [4.69, 9.17) is 0 Å². The Hall–Kier alpha value is -0.570. The summed E-state index contributed by atoms with van der Waals surface area (Å²) in [6.45, 7) is 9.73. The Bertz CT molecular complexity index is 313. The first-order valence-electron chi connectivity index (χ1n) is 8.10. The molecule has 1 N–H and O–H groups in total. The van der Waals surface area contributed by atoms with E-state index in [1.165, 1.54) is 6.42 Å². The lowest BCUT2D eigenvalue weighted by Gasteiger charge is -2.42. The van der Waals surface area contributed by atoms with Gasteiger partial charge in [-0.2, -0.15) is 0 Å². The molecule has 0 aromatic carbocycles. The summed E-state index contributed by atoms with van der Waals surface area (Å²) in [5, 5.41) is 3.51. The zero-order valence-corrected chi connectivity index (χ0v) is 12.9. The number of amides is 1. The molecule has 2 fully saturated rings. The highest BCUT2D eigenvalue weighted by atomic mass is 16.2. The minimum Gasteiger partial charge on any atom is -0.341 e. The number of hydrogen-bond donors (Lipinski definition) is 1. The third-order valence-corrected chi connectivity index (χ3v) is 5.44. The van der Waals surface area contributed by atoms with Crippen LogP contribution in [-0.2, 0) is 4.79 Å². The van der Waals surface area contributed by atoms with E-state index in [9.17, 15) is 4.79 Å². The second-order valence-electron chi connectivity index (χ2n) is 6.82. The average Bonchev–Trinajstić information content (AvgIpc) is 2.89. The zero-order chi connectivity index (χ0) is 13.9. The quantitative estimate of drug-likeness (QED) is 0.848. The predicted octanol–water partition coefficient (Wildman–Crippen LogP) is 2.95. The van der Waals surface area contributed by atoms with E-state index in [2.05, 4.69) is 31.0 Å². The summed E-state index contributed by atoms with van der Waals surface area (Å²) in [7, 11) is 0. The van der Waals surface area contributed by atoms with Crippen LogP contribution in [0.3, 0.4) is 0 Å². The molecule has 0 radical (unpaired) electrons. The summed E-state index contributed by atoms with van der Waals surface area (Å²) >= 11 is 0. The van der Waals surface area contributed by atoms with Crippen molar-refractivity contribution in [2.24, 2.45) is 5.41 Å². The molecule has 0 aliphatic carbocycles. The van der Waals surface area contributed by atoms with Crippen LogP contribution in [-0.4, -0.2) is 36.0 Å². The highest BCUT2D eigenvalue weighted by Gasteiger charge is 2.43. The van der Waals surface area contributed by atoms with Crippen LogP contribution in [0, 0.1) is 5.41 Å². The lowest BCUT2D eigenvalue weighted by molar-refractivity contribution is -0.140. The normalized spacial score (nSPS) is 30.6. The Kier molecular flexibility index (Phi) is 4.54. The first-order valence-corrected chi connectivity index (χ1v) is 8.10. The number of piperidine rings is 1. The van der Waals surface area contributed by atoms with Gasteiger partial charge in [-0.1, -0.05) is 33.6 Å².